The van der Waals surface area contributed by atoms with Crippen LogP contribution in [0.25, 0.3) is 0 Å². The third kappa shape index (κ3) is 3.57. The number of nitrogens with one attached hydrogen (secondary N) is 1. The van der Waals surface area contributed by atoms with E-state index in [9.17, 15) is 4.79 Å². The van der Waals surface area contributed by atoms with Crippen LogP contribution < -0.4 is 5.32 Å². The molecule has 1 saturated heterocycles. The second-order valence-electron chi connectivity index (χ2n) is 6.03. The van der Waals surface area contributed by atoms with E-state index in [4.69, 9.17) is 11.6 Å². The number of amides is 1. The molecule has 23 heavy (non-hydrogen) atoms. The Balaban J connectivity index is 1.87. The van der Waals surface area contributed by atoms with Gasteiger partial charge in [0.05, 0.1) is 16.6 Å². The van der Waals surface area contributed by atoms with E-state index in [-0.39, 0.29) is 11.9 Å². The van der Waals surface area contributed by atoms with Gasteiger partial charge in [0.1, 0.15) is 0 Å². The number of likely N-dealkylation sites (tertiary alicyclic amines) is 1. The lowest BCUT2D eigenvalue weighted by atomic mass is 9.97. The summed E-state index contributed by atoms with van der Waals surface area (Å²) in [6, 6.07) is 17.6. The maximum Gasteiger partial charge on any atom is 0.253 e. The summed E-state index contributed by atoms with van der Waals surface area (Å²) in [6.07, 6.45) is 2.24. The summed E-state index contributed by atoms with van der Waals surface area (Å²) in [4.78, 5) is 15.0. The van der Waals surface area contributed by atoms with Gasteiger partial charge in [0, 0.05) is 6.04 Å². The van der Waals surface area contributed by atoms with Gasteiger partial charge >= 0.3 is 0 Å². The summed E-state index contributed by atoms with van der Waals surface area (Å²) < 4.78 is 0. The molecular weight excluding hydrogens is 308 g/mol. The molecule has 0 aliphatic carbocycles. The molecule has 1 N–H and O–H groups in total. The zero-order chi connectivity index (χ0) is 16.2. The van der Waals surface area contributed by atoms with E-state index in [1.807, 2.05) is 30.3 Å². The normalized spacial score (nSPS) is 19.5. The minimum absolute atomic E-state index is 0.0347. The highest BCUT2D eigenvalue weighted by molar-refractivity contribution is 6.33. The molecule has 1 heterocycles. The molecule has 0 spiro atoms. The Morgan fingerprint density at radius 1 is 1.17 bits per heavy atom. The van der Waals surface area contributed by atoms with Crippen LogP contribution in [0.5, 0.6) is 0 Å². The number of carbonyl (C=O) groups is 1. The number of hydrogen-bond acceptors (Lipinski definition) is 2. The largest absolute Gasteiger partial charge is 0.344 e. The van der Waals surface area contributed by atoms with E-state index in [0.29, 0.717) is 16.6 Å². The zero-order valence-electron chi connectivity index (χ0n) is 13.2. The van der Waals surface area contributed by atoms with Crippen LogP contribution in [0.4, 0.5) is 0 Å². The highest BCUT2D eigenvalue weighted by atomic mass is 35.5. The van der Waals surface area contributed by atoms with E-state index in [2.05, 4.69) is 29.4 Å². The van der Waals surface area contributed by atoms with Crippen molar-refractivity contribution in [3.63, 3.8) is 0 Å². The van der Waals surface area contributed by atoms with E-state index in [0.717, 1.165) is 24.9 Å². The summed E-state index contributed by atoms with van der Waals surface area (Å²) in [7, 11) is 2.12. The molecule has 1 aliphatic rings. The van der Waals surface area contributed by atoms with Crippen molar-refractivity contribution in [3.8, 4) is 0 Å². The molecule has 0 unspecified atom stereocenters. The van der Waals surface area contributed by atoms with Gasteiger partial charge in [-0.05, 0) is 44.1 Å². The topological polar surface area (TPSA) is 32.3 Å². The molecule has 2 aromatic carbocycles. The molecule has 3 rings (SSSR count). The predicted octanol–water partition coefficient (Wildman–Crippen LogP) is 3.91. The van der Waals surface area contributed by atoms with Crippen molar-refractivity contribution >= 4 is 17.5 Å². The Bertz CT molecular complexity index is 674. The summed E-state index contributed by atoms with van der Waals surface area (Å²) >= 11 is 6.17. The number of rotatable bonds is 4. The number of carbonyl (C=O) groups excluding carboxylic acids is 1. The second-order valence-corrected chi connectivity index (χ2v) is 6.44. The quantitative estimate of drug-likeness (QED) is 0.923. The second kappa shape index (κ2) is 7.16. The molecular formula is C19H21ClN2O. The molecule has 2 aromatic rings. The standard InChI is InChI=1S/C19H21ClN2O/c1-22-13-7-12-17(22)18(14-8-3-2-4-9-14)21-19(23)15-10-5-6-11-16(15)20/h2-6,8-11,17-18H,7,12-13H2,1H3,(H,21,23)/t17-,18-/m0/s1. The molecule has 0 saturated carbocycles. The first-order valence-electron chi connectivity index (χ1n) is 7.97. The van der Waals surface area contributed by atoms with Gasteiger partial charge in [0.25, 0.3) is 5.91 Å². The fourth-order valence-corrected chi connectivity index (χ4v) is 3.51. The molecule has 1 aliphatic heterocycles. The molecule has 3 nitrogen and oxygen atoms in total. The third-order valence-electron chi connectivity index (χ3n) is 4.53. The van der Waals surface area contributed by atoms with E-state index in [1.54, 1.807) is 12.1 Å². The lowest BCUT2D eigenvalue weighted by molar-refractivity contribution is 0.0913. The van der Waals surface area contributed by atoms with Gasteiger partial charge in [-0.2, -0.15) is 0 Å². The Hall–Kier alpha value is -1.84. The van der Waals surface area contributed by atoms with Crippen molar-refractivity contribution in [2.24, 2.45) is 0 Å². The highest BCUT2D eigenvalue weighted by Crippen LogP contribution is 2.29. The summed E-state index contributed by atoms with van der Waals surface area (Å²) in [5.74, 6) is -0.121. The molecule has 120 valence electrons. The number of likely N-dealkylation sites (N-methyl/N-ethyl adjacent to an activating group) is 1. The SMILES string of the molecule is CN1CCC[C@H]1[C@@H](NC(=O)c1ccccc1Cl)c1ccccc1. The van der Waals surface area contributed by atoms with Gasteiger partial charge in [0.15, 0.2) is 0 Å². The van der Waals surface area contributed by atoms with Crippen LogP contribution in [0, 0.1) is 0 Å². The van der Waals surface area contributed by atoms with Gasteiger partial charge in [-0.15, -0.1) is 0 Å². The molecule has 0 bridgehead atoms. The van der Waals surface area contributed by atoms with Crippen LogP contribution in [0.3, 0.4) is 0 Å². The Labute approximate surface area is 142 Å². The Morgan fingerprint density at radius 3 is 2.52 bits per heavy atom. The van der Waals surface area contributed by atoms with Crippen LogP contribution in [0.15, 0.2) is 54.6 Å². The number of hydrogen-bond donors (Lipinski definition) is 1. The fourth-order valence-electron chi connectivity index (χ4n) is 3.28. The van der Waals surface area contributed by atoms with Gasteiger partial charge < -0.3 is 10.2 Å². The van der Waals surface area contributed by atoms with Crippen molar-refractivity contribution in [1.29, 1.82) is 0 Å². The van der Waals surface area contributed by atoms with Gasteiger partial charge in [-0.25, -0.2) is 0 Å². The van der Waals surface area contributed by atoms with Crippen molar-refractivity contribution < 1.29 is 4.79 Å². The number of nitrogens with zero attached hydrogens (tertiary/aromatic N) is 1. The molecule has 1 amide bonds. The van der Waals surface area contributed by atoms with Gasteiger partial charge in [-0.3, -0.25) is 4.79 Å². The van der Waals surface area contributed by atoms with Crippen LogP contribution >= 0.6 is 11.6 Å². The average Bonchev–Trinajstić information content (AvgIpc) is 2.99. The van der Waals surface area contributed by atoms with Gasteiger partial charge in [-0.1, -0.05) is 54.1 Å². The lowest BCUT2D eigenvalue weighted by Gasteiger charge is -2.30. The van der Waals surface area contributed by atoms with Crippen molar-refractivity contribution in [2.45, 2.75) is 24.9 Å². The molecule has 0 aromatic heterocycles. The number of benzene rings is 2. The van der Waals surface area contributed by atoms with Gasteiger partial charge in [0.2, 0.25) is 0 Å². The average molecular weight is 329 g/mol. The minimum atomic E-state index is -0.121. The van der Waals surface area contributed by atoms with Crippen LogP contribution in [0.1, 0.15) is 34.8 Å². The monoisotopic (exact) mass is 328 g/mol. The van der Waals surface area contributed by atoms with E-state index in [1.165, 1.54) is 0 Å². The summed E-state index contributed by atoms with van der Waals surface area (Å²) in [5.41, 5.74) is 1.66. The van der Waals surface area contributed by atoms with Crippen molar-refractivity contribution in [3.05, 3.63) is 70.7 Å². The van der Waals surface area contributed by atoms with E-state index < -0.39 is 0 Å². The first kappa shape index (κ1) is 16.0. The predicted molar refractivity (Wildman–Crippen MR) is 93.8 cm³/mol. The number of halogens is 1. The van der Waals surface area contributed by atoms with Crippen LogP contribution in [0.2, 0.25) is 5.02 Å². The summed E-state index contributed by atoms with van der Waals surface area (Å²) in [6.45, 7) is 1.07. The van der Waals surface area contributed by atoms with Crippen LogP contribution in [-0.2, 0) is 0 Å². The first-order valence-corrected chi connectivity index (χ1v) is 8.35. The molecule has 2 atom stereocenters. The highest BCUT2D eigenvalue weighted by Gasteiger charge is 2.31. The maximum absolute atomic E-state index is 12.7. The Kier molecular flexibility index (Phi) is 4.99. The fraction of sp³-hybridized carbons (Fsp3) is 0.316. The third-order valence-corrected chi connectivity index (χ3v) is 4.85. The smallest absolute Gasteiger partial charge is 0.253 e. The zero-order valence-corrected chi connectivity index (χ0v) is 14.0. The minimum Gasteiger partial charge on any atom is -0.344 e. The first-order chi connectivity index (χ1) is 11.2. The van der Waals surface area contributed by atoms with Crippen LogP contribution in [-0.4, -0.2) is 30.4 Å². The van der Waals surface area contributed by atoms with Crippen molar-refractivity contribution in [1.82, 2.24) is 10.2 Å². The maximum atomic E-state index is 12.7. The lowest BCUT2D eigenvalue weighted by Crippen LogP contribution is -2.41. The van der Waals surface area contributed by atoms with Crippen molar-refractivity contribution in [2.75, 3.05) is 13.6 Å². The summed E-state index contributed by atoms with van der Waals surface area (Å²) in [5, 5.41) is 3.68. The molecule has 4 heteroatoms. The molecule has 1 fully saturated rings. The molecule has 0 radical (unpaired) electrons. The van der Waals surface area contributed by atoms with E-state index >= 15 is 0 Å². The Morgan fingerprint density at radius 2 is 1.87 bits per heavy atom.